The van der Waals surface area contributed by atoms with Crippen LogP contribution >= 0.6 is 0 Å². The molecule has 9 N–H and O–H groups in total. The van der Waals surface area contributed by atoms with Crippen molar-refractivity contribution in [2.45, 2.75) is 299 Å². The Morgan fingerprint density at radius 1 is 0.425 bits per heavy atom. The number of amides is 1. The quantitative estimate of drug-likeness (QED) is 0.0204. The summed E-state index contributed by atoms with van der Waals surface area (Å²) in [6.07, 6.45) is 66.4. The first-order chi connectivity index (χ1) is 42.6. The zero-order chi connectivity index (χ0) is 63.1. The highest BCUT2D eigenvalue weighted by atomic mass is 16.7. The molecule has 0 saturated carbocycles. The number of rotatable bonds is 53. The number of ether oxygens (including phenoxy) is 4. The number of aliphatic hydroxyl groups excluding tert-OH is 8. The van der Waals surface area contributed by atoms with Gasteiger partial charge in [-0.05, 0) is 103 Å². The lowest BCUT2D eigenvalue weighted by molar-refractivity contribution is -0.359. The first-order valence-electron chi connectivity index (χ1n) is 33.9. The number of aliphatic hydroxyl groups is 8. The van der Waals surface area contributed by atoms with E-state index < -0.39 is 86.8 Å². The SMILES string of the molecule is CC/C=C\C/C=C\C/C=C\C/C=C\C/C=C\C/C=C\C/C=C\C/C=C\C/C=C\CCCCCCCCCC(=O)NC(COC1OC(CO)C(OC2OC(CO)C(O)C(O)C2O)C(O)C1O)C(O)/C=C/CC/C=C/CCCCCCCCCCCCCC. The van der Waals surface area contributed by atoms with Crippen LogP contribution in [0.2, 0.25) is 0 Å². The van der Waals surface area contributed by atoms with Crippen molar-refractivity contribution in [1.29, 1.82) is 0 Å². The summed E-state index contributed by atoms with van der Waals surface area (Å²) in [5.41, 5.74) is 0. The minimum atomic E-state index is -1.80. The molecule has 0 aliphatic carbocycles. The molecule has 2 fully saturated rings. The van der Waals surface area contributed by atoms with Crippen molar-refractivity contribution in [1.82, 2.24) is 5.32 Å². The van der Waals surface area contributed by atoms with E-state index in [1.807, 2.05) is 6.08 Å². The molecule has 0 aromatic heterocycles. The fourth-order valence-electron chi connectivity index (χ4n) is 10.2. The van der Waals surface area contributed by atoms with Gasteiger partial charge in [-0.3, -0.25) is 4.79 Å². The average Bonchev–Trinajstić information content (AvgIpc) is 3.71. The van der Waals surface area contributed by atoms with Crippen LogP contribution in [0.5, 0.6) is 0 Å². The van der Waals surface area contributed by atoms with E-state index in [0.29, 0.717) is 12.8 Å². The molecule has 0 aromatic carbocycles. The number of hydrogen-bond donors (Lipinski definition) is 9. The summed E-state index contributed by atoms with van der Waals surface area (Å²) in [5.74, 6) is -0.266. The minimum absolute atomic E-state index is 0.252. The average molecular weight is 1220 g/mol. The molecule has 0 aromatic rings. The Bertz CT molecular complexity index is 1970. The van der Waals surface area contributed by atoms with Gasteiger partial charge in [0.1, 0.15) is 48.8 Å². The smallest absolute Gasteiger partial charge is 0.220 e. The van der Waals surface area contributed by atoms with E-state index in [1.54, 1.807) is 6.08 Å². The number of unbranched alkanes of at least 4 members (excludes halogenated alkanes) is 20. The summed E-state index contributed by atoms with van der Waals surface area (Å²) < 4.78 is 22.8. The zero-order valence-corrected chi connectivity index (χ0v) is 53.7. The summed E-state index contributed by atoms with van der Waals surface area (Å²) in [5, 5.41) is 87.3. The number of carbonyl (C=O) groups is 1. The van der Waals surface area contributed by atoms with E-state index in [1.165, 1.54) is 77.0 Å². The molecule has 2 aliphatic rings. The van der Waals surface area contributed by atoms with Gasteiger partial charge in [-0.25, -0.2) is 0 Å². The van der Waals surface area contributed by atoms with Crippen molar-refractivity contribution in [2.24, 2.45) is 0 Å². The molecule has 14 nitrogen and oxygen atoms in total. The highest BCUT2D eigenvalue weighted by molar-refractivity contribution is 5.76. The van der Waals surface area contributed by atoms with Gasteiger partial charge in [0, 0.05) is 6.42 Å². The Kier molecular flexibility index (Phi) is 51.1. The summed E-state index contributed by atoms with van der Waals surface area (Å²) in [6.45, 7) is 2.65. The highest BCUT2D eigenvalue weighted by Crippen LogP contribution is 2.30. The van der Waals surface area contributed by atoms with Gasteiger partial charge in [-0.2, -0.15) is 0 Å². The molecule has 2 saturated heterocycles. The molecule has 2 heterocycles. The molecule has 1 amide bonds. The van der Waals surface area contributed by atoms with Gasteiger partial charge in [0.25, 0.3) is 0 Å². The molecule has 2 rings (SSSR count). The number of nitrogens with one attached hydrogen (secondary N) is 1. The van der Waals surface area contributed by atoms with Crippen molar-refractivity contribution in [2.75, 3.05) is 19.8 Å². The van der Waals surface area contributed by atoms with Crippen molar-refractivity contribution in [3.05, 3.63) is 134 Å². The summed E-state index contributed by atoms with van der Waals surface area (Å²) in [7, 11) is 0. The lowest BCUT2D eigenvalue weighted by atomic mass is 9.97. The third kappa shape index (κ3) is 40.5. The Balaban J connectivity index is 1.70. The van der Waals surface area contributed by atoms with Crippen LogP contribution in [0.3, 0.4) is 0 Å². The lowest BCUT2D eigenvalue weighted by Crippen LogP contribution is -2.65. The molecule has 2 aliphatic heterocycles. The van der Waals surface area contributed by atoms with Gasteiger partial charge in [0.15, 0.2) is 12.6 Å². The van der Waals surface area contributed by atoms with Crippen molar-refractivity contribution < 1.29 is 64.6 Å². The van der Waals surface area contributed by atoms with E-state index in [2.05, 4.69) is 141 Å². The van der Waals surface area contributed by atoms with Crippen molar-refractivity contribution in [3.8, 4) is 0 Å². The molecule has 14 heteroatoms. The van der Waals surface area contributed by atoms with Gasteiger partial charge < -0.3 is 65.1 Å². The van der Waals surface area contributed by atoms with Crippen LogP contribution < -0.4 is 5.32 Å². The molecule has 0 radical (unpaired) electrons. The molecule has 12 unspecified atom stereocenters. The molecule has 87 heavy (non-hydrogen) atoms. The van der Waals surface area contributed by atoms with Crippen LogP contribution in [0.15, 0.2) is 134 Å². The number of allylic oxidation sites excluding steroid dienone is 21. The van der Waals surface area contributed by atoms with E-state index in [0.717, 1.165) is 116 Å². The first-order valence-corrected chi connectivity index (χ1v) is 33.9. The molecule has 0 bridgehead atoms. The fourth-order valence-corrected chi connectivity index (χ4v) is 10.2. The van der Waals surface area contributed by atoms with Gasteiger partial charge >= 0.3 is 0 Å². The topological polar surface area (TPSA) is 228 Å². The summed E-state index contributed by atoms with van der Waals surface area (Å²) in [4.78, 5) is 13.3. The van der Waals surface area contributed by atoms with Crippen molar-refractivity contribution in [3.63, 3.8) is 0 Å². The standard InChI is InChI=1S/C73H121NO13/c1-3-5-7-9-11-13-15-17-19-21-23-24-25-26-27-28-29-30-31-32-33-34-35-36-37-38-39-41-43-45-47-49-51-53-55-57-65(78)74-61(62(77)56-54-52-50-48-46-44-42-40-22-20-18-16-14-12-10-8-6-4-2)60-84-72-70(83)68(81)71(64(59-76)86-72)87-73-69(82)67(80)66(79)63(58-75)85-73/h5,7,11,13,17,19,23-24,26-27,29-30,32-33,35-36,38-39,46,48,54,56,61-64,66-73,75-77,79-83H,3-4,6,8-10,12,14-16,18,20-22,25,28,31,34,37,40-45,47,49-53,55,57-60H2,1-2H3,(H,74,78)/b7-5-,13-11-,19-17-,24-23-,27-26-,30-29-,33-32-,36-35-,39-38-,48-46+,56-54+. The molecular weight excluding hydrogens is 1100 g/mol. The lowest BCUT2D eigenvalue weighted by Gasteiger charge is -2.46. The third-order valence-corrected chi connectivity index (χ3v) is 15.6. The van der Waals surface area contributed by atoms with E-state index in [-0.39, 0.29) is 18.9 Å². The Morgan fingerprint density at radius 3 is 1.26 bits per heavy atom. The van der Waals surface area contributed by atoms with Gasteiger partial charge in [0.05, 0.1) is 32.0 Å². The fraction of sp³-hybridized carbons (Fsp3) is 0.685. The second-order valence-corrected chi connectivity index (χ2v) is 23.2. The molecule has 12 atom stereocenters. The van der Waals surface area contributed by atoms with E-state index >= 15 is 0 Å². The first kappa shape index (κ1) is 79.2. The summed E-state index contributed by atoms with van der Waals surface area (Å²) in [6, 6.07) is -0.948. The maximum Gasteiger partial charge on any atom is 0.220 e. The third-order valence-electron chi connectivity index (χ3n) is 15.6. The monoisotopic (exact) mass is 1220 g/mol. The van der Waals surface area contributed by atoms with Gasteiger partial charge in [-0.1, -0.05) is 250 Å². The predicted molar refractivity (Wildman–Crippen MR) is 355 cm³/mol. The minimum Gasteiger partial charge on any atom is -0.394 e. The maximum absolute atomic E-state index is 13.3. The Morgan fingerprint density at radius 2 is 0.805 bits per heavy atom. The Labute approximate surface area is 526 Å². The highest BCUT2D eigenvalue weighted by Gasteiger charge is 2.51. The zero-order valence-electron chi connectivity index (χ0n) is 53.7. The number of carbonyl (C=O) groups excluding carboxylic acids is 1. The van der Waals surface area contributed by atoms with Crippen LogP contribution in [-0.4, -0.2) is 140 Å². The van der Waals surface area contributed by atoms with Crippen LogP contribution in [0.1, 0.15) is 226 Å². The molecular formula is C73H121NO13. The van der Waals surface area contributed by atoms with Crippen LogP contribution in [0.25, 0.3) is 0 Å². The van der Waals surface area contributed by atoms with Crippen LogP contribution in [0, 0.1) is 0 Å². The van der Waals surface area contributed by atoms with Crippen LogP contribution in [0.4, 0.5) is 0 Å². The van der Waals surface area contributed by atoms with Crippen molar-refractivity contribution >= 4 is 5.91 Å². The normalized spacial score (nSPS) is 24.2. The van der Waals surface area contributed by atoms with Crippen LogP contribution in [-0.2, 0) is 23.7 Å². The Hall–Kier alpha value is -3.87. The van der Waals surface area contributed by atoms with Gasteiger partial charge in [0.2, 0.25) is 5.91 Å². The molecule has 0 spiro atoms. The second-order valence-electron chi connectivity index (χ2n) is 23.2. The van der Waals surface area contributed by atoms with Gasteiger partial charge in [-0.15, -0.1) is 0 Å². The molecule has 496 valence electrons. The largest absolute Gasteiger partial charge is 0.394 e. The number of hydrogen-bond acceptors (Lipinski definition) is 13. The maximum atomic E-state index is 13.3. The van der Waals surface area contributed by atoms with E-state index in [4.69, 9.17) is 18.9 Å². The predicted octanol–water partition coefficient (Wildman–Crippen LogP) is 13.5. The second kappa shape index (κ2) is 56.1. The van der Waals surface area contributed by atoms with E-state index in [9.17, 15) is 45.6 Å². The summed E-state index contributed by atoms with van der Waals surface area (Å²) >= 11 is 0.